The molecule has 0 bridgehead atoms. The number of hydrogen-bond acceptors (Lipinski definition) is 5. The summed E-state index contributed by atoms with van der Waals surface area (Å²) < 4.78 is 5.35. The van der Waals surface area contributed by atoms with Crippen LogP contribution in [0.3, 0.4) is 0 Å². The molecule has 0 radical (unpaired) electrons. The molecule has 24 heavy (non-hydrogen) atoms. The lowest BCUT2D eigenvalue weighted by molar-refractivity contribution is -0.122. The van der Waals surface area contributed by atoms with E-state index in [0.717, 1.165) is 35.8 Å². The summed E-state index contributed by atoms with van der Waals surface area (Å²) >= 11 is 1.64. The maximum Gasteiger partial charge on any atom is 0.221 e. The van der Waals surface area contributed by atoms with Crippen molar-refractivity contribution in [2.45, 2.75) is 18.9 Å². The van der Waals surface area contributed by atoms with E-state index in [-0.39, 0.29) is 24.4 Å². The number of halogens is 1. The number of amides is 1. The highest BCUT2D eigenvalue weighted by Gasteiger charge is 2.16. The molecular formula is C17H22ClN3O2S. The highest BCUT2D eigenvalue weighted by molar-refractivity contribution is 7.13. The molecule has 2 aromatic rings. The number of benzene rings is 1. The number of aromatic nitrogens is 1. The van der Waals surface area contributed by atoms with Gasteiger partial charge >= 0.3 is 0 Å². The van der Waals surface area contributed by atoms with Crippen LogP contribution in [0.25, 0.3) is 10.6 Å². The van der Waals surface area contributed by atoms with Crippen molar-refractivity contribution in [1.82, 2.24) is 15.6 Å². The average Bonchev–Trinajstić information content (AvgIpc) is 3.05. The van der Waals surface area contributed by atoms with Gasteiger partial charge < -0.3 is 15.4 Å². The molecule has 7 heteroatoms. The standard InChI is InChI=1S/C17H21N3O2S.ClH/c21-16(10-15-11-22-9-8-18-15)19-7-6-14-12-23-17(20-14)13-4-2-1-3-5-13;/h1-5,12,15,18H,6-11H2,(H,19,21);1H. The zero-order chi connectivity index (χ0) is 15.9. The Hall–Kier alpha value is -1.47. The summed E-state index contributed by atoms with van der Waals surface area (Å²) in [6.07, 6.45) is 1.22. The first-order valence-electron chi connectivity index (χ1n) is 7.89. The number of nitrogens with zero attached hydrogens (tertiary/aromatic N) is 1. The summed E-state index contributed by atoms with van der Waals surface area (Å²) in [5.41, 5.74) is 2.16. The number of rotatable bonds is 6. The van der Waals surface area contributed by atoms with Crippen LogP contribution in [-0.4, -0.2) is 43.2 Å². The number of thiazole rings is 1. The second kappa shape index (κ2) is 9.74. The Morgan fingerprint density at radius 1 is 1.38 bits per heavy atom. The summed E-state index contributed by atoms with van der Waals surface area (Å²) in [4.78, 5) is 16.5. The van der Waals surface area contributed by atoms with Crippen molar-refractivity contribution >= 4 is 29.7 Å². The topological polar surface area (TPSA) is 63.2 Å². The molecule has 3 rings (SSSR count). The van der Waals surface area contributed by atoms with Gasteiger partial charge in [-0.15, -0.1) is 23.7 Å². The minimum atomic E-state index is 0. The molecule has 130 valence electrons. The molecule has 5 nitrogen and oxygen atoms in total. The summed E-state index contributed by atoms with van der Waals surface area (Å²) in [6, 6.07) is 10.3. The fourth-order valence-corrected chi connectivity index (χ4v) is 3.37. The van der Waals surface area contributed by atoms with E-state index >= 15 is 0 Å². The summed E-state index contributed by atoms with van der Waals surface area (Å²) in [5, 5.41) is 9.32. The van der Waals surface area contributed by atoms with E-state index in [2.05, 4.69) is 33.1 Å². The van der Waals surface area contributed by atoms with Crippen LogP contribution in [0, 0.1) is 0 Å². The molecule has 1 fully saturated rings. The van der Waals surface area contributed by atoms with Crippen molar-refractivity contribution in [1.29, 1.82) is 0 Å². The lowest BCUT2D eigenvalue weighted by Gasteiger charge is -2.23. The number of ether oxygens (including phenoxy) is 1. The number of carbonyl (C=O) groups is 1. The predicted molar refractivity (Wildman–Crippen MR) is 98.7 cm³/mol. The largest absolute Gasteiger partial charge is 0.378 e. The van der Waals surface area contributed by atoms with Crippen LogP contribution in [0.4, 0.5) is 0 Å². The maximum absolute atomic E-state index is 11.9. The Morgan fingerprint density at radius 2 is 2.21 bits per heavy atom. The van der Waals surface area contributed by atoms with Crippen LogP contribution in [-0.2, 0) is 16.0 Å². The summed E-state index contributed by atoms with van der Waals surface area (Å²) in [6.45, 7) is 2.77. The van der Waals surface area contributed by atoms with Gasteiger partial charge in [0.25, 0.3) is 0 Å². The zero-order valence-corrected chi connectivity index (χ0v) is 15.0. The first-order chi connectivity index (χ1) is 11.3. The van der Waals surface area contributed by atoms with Gasteiger partial charge in [0.05, 0.1) is 18.9 Å². The number of carbonyl (C=O) groups excluding carboxylic acids is 1. The quantitative estimate of drug-likeness (QED) is 0.822. The second-order valence-corrected chi connectivity index (χ2v) is 6.40. The van der Waals surface area contributed by atoms with Crippen LogP contribution in [0.15, 0.2) is 35.7 Å². The molecule has 1 aliphatic rings. The van der Waals surface area contributed by atoms with E-state index in [9.17, 15) is 4.79 Å². The lowest BCUT2D eigenvalue weighted by Crippen LogP contribution is -2.44. The molecule has 2 N–H and O–H groups in total. The van der Waals surface area contributed by atoms with Crippen LogP contribution in [0.2, 0.25) is 0 Å². The van der Waals surface area contributed by atoms with Gasteiger partial charge in [0.15, 0.2) is 0 Å². The zero-order valence-electron chi connectivity index (χ0n) is 13.4. The fourth-order valence-electron chi connectivity index (χ4n) is 2.51. The van der Waals surface area contributed by atoms with E-state index in [0.29, 0.717) is 19.6 Å². The van der Waals surface area contributed by atoms with Crippen LogP contribution < -0.4 is 10.6 Å². The van der Waals surface area contributed by atoms with Crippen LogP contribution in [0.5, 0.6) is 0 Å². The first-order valence-corrected chi connectivity index (χ1v) is 8.77. The Kier molecular flexibility index (Phi) is 7.65. The Bertz CT molecular complexity index is 630. The van der Waals surface area contributed by atoms with Gasteiger partial charge in [0.1, 0.15) is 5.01 Å². The van der Waals surface area contributed by atoms with Crippen molar-refractivity contribution in [3.05, 3.63) is 41.4 Å². The van der Waals surface area contributed by atoms with Gasteiger partial charge in [-0.25, -0.2) is 4.98 Å². The predicted octanol–water partition coefficient (Wildman–Crippen LogP) is 2.27. The molecule has 0 aliphatic carbocycles. The molecule has 2 heterocycles. The van der Waals surface area contributed by atoms with Gasteiger partial charge in [-0.1, -0.05) is 30.3 Å². The van der Waals surface area contributed by atoms with Crippen molar-refractivity contribution in [3.63, 3.8) is 0 Å². The molecule has 1 aromatic carbocycles. The monoisotopic (exact) mass is 367 g/mol. The fraction of sp³-hybridized carbons (Fsp3) is 0.412. The number of morpholine rings is 1. The number of nitrogens with one attached hydrogen (secondary N) is 2. The van der Waals surface area contributed by atoms with Gasteiger partial charge in [-0.05, 0) is 0 Å². The van der Waals surface area contributed by atoms with Gasteiger partial charge in [-0.3, -0.25) is 4.79 Å². The normalized spacial score (nSPS) is 17.1. The summed E-state index contributed by atoms with van der Waals surface area (Å²) in [5.74, 6) is 0.0616. The van der Waals surface area contributed by atoms with Crippen LogP contribution >= 0.6 is 23.7 Å². The molecule has 1 aliphatic heterocycles. The third kappa shape index (κ3) is 5.56. The molecule has 1 saturated heterocycles. The van der Waals surface area contributed by atoms with Gasteiger partial charge in [0, 0.05) is 42.9 Å². The molecule has 0 spiro atoms. The number of hydrogen-bond donors (Lipinski definition) is 2. The summed E-state index contributed by atoms with van der Waals surface area (Å²) in [7, 11) is 0. The van der Waals surface area contributed by atoms with Crippen molar-refractivity contribution in [2.24, 2.45) is 0 Å². The molecule has 1 atom stereocenters. The lowest BCUT2D eigenvalue weighted by atomic mass is 10.2. The van der Waals surface area contributed by atoms with Gasteiger partial charge in [0.2, 0.25) is 5.91 Å². The highest BCUT2D eigenvalue weighted by Crippen LogP contribution is 2.23. The third-order valence-electron chi connectivity index (χ3n) is 3.71. The molecular weight excluding hydrogens is 346 g/mol. The minimum absolute atomic E-state index is 0. The second-order valence-electron chi connectivity index (χ2n) is 5.54. The van der Waals surface area contributed by atoms with E-state index in [1.54, 1.807) is 11.3 Å². The maximum atomic E-state index is 11.9. The van der Waals surface area contributed by atoms with E-state index in [4.69, 9.17) is 4.74 Å². The SMILES string of the molecule is Cl.O=C(CC1COCCN1)NCCc1csc(-c2ccccc2)n1. The third-order valence-corrected chi connectivity index (χ3v) is 4.65. The Morgan fingerprint density at radius 3 is 2.96 bits per heavy atom. The first kappa shape index (κ1) is 18.9. The Balaban J connectivity index is 0.00000208. The van der Waals surface area contributed by atoms with E-state index in [1.807, 2.05) is 18.2 Å². The van der Waals surface area contributed by atoms with Gasteiger partial charge in [-0.2, -0.15) is 0 Å². The molecule has 1 unspecified atom stereocenters. The molecule has 1 aromatic heterocycles. The van der Waals surface area contributed by atoms with E-state index in [1.165, 1.54) is 0 Å². The van der Waals surface area contributed by atoms with Crippen molar-refractivity contribution in [3.8, 4) is 10.6 Å². The average molecular weight is 368 g/mol. The highest BCUT2D eigenvalue weighted by atomic mass is 35.5. The van der Waals surface area contributed by atoms with Crippen LogP contribution in [0.1, 0.15) is 12.1 Å². The van der Waals surface area contributed by atoms with E-state index < -0.39 is 0 Å². The minimum Gasteiger partial charge on any atom is -0.378 e. The smallest absolute Gasteiger partial charge is 0.221 e. The van der Waals surface area contributed by atoms with Crippen molar-refractivity contribution < 1.29 is 9.53 Å². The van der Waals surface area contributed by atoms with Crippen molar-refractivity contribution in [2.75, 3.05) is 26.3 Å². The molecule has 0 saturated carbocycles. The molecule has 1 amide bonds. The Labute approximate surface area is 152 Å².